The lowest BCUT2D eigenvalue weighted by molar-refractivity contribution is -0.120. The quantitative estimate of drug-likeness (QED) is 0.583. The Bertz CT molecular complexity index is 264. The summed E-state index contributed by atoms with van der Waals surface area (Å²) < 4.78 is 23.5. The van der Waals surface area contributed by atoms with Crippen molar-refractivity contribution in [2.75, 3.05) is 31.4 Å². The molecule has 0 aromatic rings. The minimum absolute atomic E-state index is 0.0466. The van der Waals surface area contributed by atoms with Crippen LogP contribution in [0.2, 0.25) is 0 Å². The monoisotopic (exact) mass is 240 g/mol. The predicted octanol–water partition coefficient (Wildman–Crippen LogP) is -0.595. The molecule has 0 saturated heterocycles. The first kappa shape index (κ1) is 13.7. The van der Waals surface area contributed by atoms with Gasteiger partial charge in [-0.1, -0.05) is 0 Å². The summed E-state index contributed by atoms with van der Waals surface area (Å²) in [6, 6.07) is 0. The summed E-state index contributed by atoms with van der Waals surface area (Å²) in [5.74, 6) is 0.736. The number of carbonyl (C=O) groups is 1. The molecule has 7 heteroatoms. The van der Waals surface area contributed by atoms with Gasteiger partial charge < -0.3 is 5.32 Å². The number of sulfonamides is 1. The van der Waals surface area contributed by atoms with Crippen LogP contribution in [-0.2, 0) is 14.8 Å². The maximum Gasteiger partial charge on any atom is 0.220 e. The molecule has 0 unspecified atom stereocenters. The molecule has 84 valence electrons. The summed E-state index contributed by atoms with van der Waals surface area (Å²) in [5.41, 5.74) is 0. The van der Waals surface area contributed by atoms with Crippen molar-refractivity contribution in [2.45, 2.75) is 6.42 Å². The summed E-state index contributed by atoms with van der Waals surface area (Å²) in [4.78, 5) is 11.0. The largest absolute Gasteiger partial charge is 0.355 e. The van der Waals surface area contributed by atoms with Crippen LogP contribution in [0.4, 0.5) is 0 Å². The fraction of sp³-hybridized carbons (Fsp3) is 0.857. The number of nitrogens with one attached hydrogen (secondary N) is 2. The molecule has 0 fully saturated rings. The van der Waals surface area contributed by atoms with Crippen molar-refractivity contribution >= 4 is 27.7 Å². The zero-order valence-electron chi connectivity index (χ0n) is 8.37. The molecule has 0 aromatic carbocycles. The Labute approximate surface area is 89.1 Å². The van der Waals surface area contributed by atoms with Gasteiger partial charge in [-0.05, 0) is 6.26 Å². The summed E-state index contributed by atoms with van der Waals surface area (Å²) in [5, 5.41) is 2.61. The number of rotatable bonds is 7. The van der Waals surface area contributed by atoms with Gasteiger partial charge in [0, 0.05) is 25.3 Å². The highest BCUT2D eigenvalue weighted by Gasteiger charge is 2.01. The van der Waals surface area contributed by atoms with Crippen LogP contribution in [0.25, 0.3) is 0 Å². The molecular formula is C7H16N2O3S2. The molecule has 0 rings (SSSR count). The van der Waals surface area contributed by atoms with Crippen LogP contribution in [0.15, 0.2) is 0 Å². The van der Waals surface area contributed by atoms with Crippen molar-refractivity contribution in [1.29, 1.82) is 0 Å². The Balaban J connectivity index is 3.41. The first-order valence-electron chi connectivity index (χ1n) is 4.16. The SMILES string of the molecule is CSCCC(=O)NCCNS(C)(=O)=O. The van der Waals surface area contributed by atoms with Gasteiger partial charge in [-0.2, -0.15) is 11.8 Å². The van der Waals surface area contributed by atoms with Gasteiger partial charge in [-0.25, -0.2) is 13.1 Å². The van der Waals surface area contributed by atoms with Crippen molar-refractivity contribution in [3.8, 4) is 0 Å². The third kappa shape index (κ3) is 9.82. The van der Waals surface area contributed by atoms with Crippen molar-refractivity contribution < 1.29 is 13.2 Å². The van der Waals surface area contributed by atoms with E-state index in [2.05, 4.69) is 10.0 Å². The number of hydrogen-bond donors (Lipinski definition) is 2. The summed E-state index contributed by atoms with van der Waals surface area (Å²) >= 11 is 1.60. The van der Waals surface area contributed by atoms with Crippen LogP contribution in [0.1, 0.15) is 6.42 Å². The molecule has 2 N–H and O–H groups in total. The maximum atomic E-state index is 11.0. The summed E-state index contributed by atoms with van der Waals surface area (Å²) in [7, 11) is -3.14. The fourth-order valence-corrected chi connectivity index (χ4v) is 1.58. The first-order chi connectivity index (χ1) is 6.45. The van der Waals surface area contributed by atoms with Crippen LogP contribution in [0, 0.1) is 0 Å². The minimum Gasteiger partial charge on any atom is -0.355 e. The molecule has 0 radical (unpaired) electrons. The van der Waals surface area contributed by atoms with E-state index >= 15 is 0 Å². The lowest BCUT2D eigenvalue weighted by Crippen LogP contribution is -2.34. The van der Waals surface area contributed by atoms with Crippen molar-refractivity contribution in [3.63, 3.8) is 0 Å². The van der Waals surface area contributed by atoms with Crippen molar-refractivity contribution in [1.82, 2.24) is 10.0 Å². The van der Waals surface area contributed by atoms with Crippen LogP contribution in [-0.4, -0.2) is 45.7 Å². The average Bonchev–Trinajstić information content (AvgIpc) is 2.07. The highest BCUT2D eigenvalue weighted by atomic mass is 32.2. The van der Waals surface area contributed by atoms with E-state index in [1.165, 1.54) is 0 Å². The summed E-state index contributed by atoms with van der Waals surface area (Å²) in [6.07, 6.45) is 3.49. The van der Waals surface area contributed by atoms with E-state index in [0.29, 0.717) is 13.0 Å². The third-order valence-electron chi connectivity index (χ3n) is 1.34. The average molecular weight is 240 g/mol. The molecule has 0 aliphatic carbocycles. The maximum absolute atomic E-state index is 11.0. The Kier molecular flexibility index (Phi) is 6.94. The van der Waals surface area contributed by atoms with Gasteiger partial charge in [0.05, 0.1) is 6.26 Å². The normalized spacial score (nSPS) is 11.3. The van der Waals surface area contributed by atoms with E-state index in [0.717, 1.165) is 12.0 Å². The Morgan fingerprint density at radius 1 is 1.36 bits per heavy atom. The van der Waals surface area contributed by atoms with Gasteiger partial charge in [0.1, 0.15) is 0 Å². The van der Waals surface area contributed by atoms with E-state index in [4.69, 9.17) is 0 Å². The van der Waals surface area contributed by atoms with Crippen LogP contribution >= 0.6 is 11.8 Å². The number of amides is 1. The van der Waals surface area contributed by atoms with Crippen LogP contribution in [0.3, 0.4) is 0 Å². The third-order valence-corrected chi connectivity index (χ3v) is 2.69. The molecule has 0 atom stereocenters. The lowest BCUT2D eigenvalue weighted by Gasteiger charge is -2.04. The van der Waals surface area contributed by atoms with Gasteiger partial charge in [-0.15, -0.1) is 0 Å². The lowest BCUT2D eigenvalue weighted by atomic mass is 10.4. The predicted molar refractivity (Wildman–Crippen MR) is 58.9 cm³/mol. The van der Waals surface area contributed by atoms with Gasteiger partial charge in [-0.3, -0.25) is 4.79 Å². The van der Waals surface area contributed by atoms with Gasteiger partial charge >= 0.3 is 0 Å². The molecule has 0 saturated carbocycles. The zero-order valence-corrected chi connectivity index (χ0v) is 10.0. The molecular weight excluding hydrogens is 224 g/mol. The molecule has 14 heavy (non-hydrogen) atoms. The molecule has 0 spiro atoms. The Morgan fingerprint density at radius 2 is 2.00 bits per heavy atom. The second-order valence-electron chi connectivity index (χ2n) is 2.76. The molecule has 0 aliphatic rings. The van der Waals surface area contributed by atoms with Gasteiger partial charge in [0.15, 0.2) is 0 Å². The highest BCUT2D eigenvalue weighted by Crippen LogP contribution is 1.94. The number of hydrogen-bond acceptors (Lipinski definition) is 4. The highest BCUT2D eigenvalue weighted by molar-refractivity contribution is 7.98. The Morgan fingerprint density at radius 3 is 2.50 bits per heavy atom. The van der Waals surface area contributed by atoms with E-state index < -0.39 is 10.0 Å². The smallest absolute Gasteiger partial charge is 0.220 e. The topological polar surface area (TPSA) is 75.3 Å². The minimum atomic E-state index is -3.14. The number of carbonyl (C=O) groups excluding carboxylic acids is 1. The molecule has 0 aliphatic heterocycles. The second kappa shape index (κ2) is 7.08. The van der Waals surface area contributed by atoms with E-state index in [-0.39, 0.29) is 12.5 Å². The van der Waals surface area contributed by atoms with E-state index in [9.17, 15) is 13.2 Å². The van der Waals surface area contributed by atoms with Gasteiger partial charge in [0.2, 0.25) is 15.9 Å². The molecule has 5 nitrogen and oxygen atoms in total. The Hall–Kier alpha value is -0.270. The second-order valence-corrected chi connectivity index (χ2v) is 5.58. The first-order valence-corrected chi connectivity index (χ1v) is 7.44. The standard InChI is InChI=1S/C7H16N2O3S2/c1-13-6-3-7(10)8-4-5-9-14(2,11)12/h9H,3-6H2,1-2H3,(H,8,10). The van der Waals surface area contributed by atoms with Crippen LogP contribution < -0.4 is 10.0 Å². The van der Waals surface area contributed by atoms with Gasteiger partial charge in [0.25, 0.3) is 0 Å². The molecule has 1 amide bonds. The number of thioether (sulfide) groups is 1. The van der Waals surface area contributed by atoms with Crippen molar-refractivity contribution in [2.24, 2.45) is 0 Å². The van der Waals surface area contributed by atoms with Crippen molar-refractivity contribution in [3.05, 3.63) is 0 Å². The van der Waals surface area contributed by atoms with Crippen LogP contribution in [0.5, 0.6) is 0 Å². The molecule has 0 aromatic heterocycles. The molecule has 0 heterocycles. The molecule has 0 bridgehead atoms. The zero-order chi connectivity index (χ0) is 11.0. The summed E-state index contributed by atoms with van der Waals surface area (Å²) in [6.45, 7) is 0.574. The van der Waals surface area contributed by atoms with E-state index in [1.807, 2.05) is 6.26 Å². The van der Waals surface area contributed by atoms with E-state index in [1.54, 1.807) is 11.8 Å². The fourth-order valence-electron chi connectivity index (χ4n) is 0.721.